The summed E-state index contributed by atoms with van der Waals surface area (Å²) >= 11 is 0. The summed E-state index contributed by atoms with van der Waals surface area (Å²) < 4.78 is 11.7. The fourth-order valence-corrected chi connectivity index (χ4v) is 4.50. The minimum absolute atomic E-state index is 0.0355. The molecule has 1 atom stereocenters. The number of benzene rings is 3. The molecule has 6 rings (SSSR count). The van der Waals surface area contributed by atoms with Crippen molar-refractivity contribution in [1.29, 1.82) is 0 Å². The molecule has 0 aliphatic carbocycles. The average molecular weight is 453 g/mol. The van der Waals surface area contributed by atoms with Crippen molar-refractivity contribution in [3.8, 4) is 22.9 Å². The Balaban J connectivity index is 1.21. The van der Waals surface area contributed by atoms with Crippen LogP contribution in [0.15, 0.2) is 78.9 Å². The summed E-state index contributed by atoms with van der Waals surface area (Å²) in [6.07, 6.45) is -0.619. The standard InChI is InChI=1S/C27H24N4O3/c32-27(24-18-33-22-12-6-7-13-23(22)34-24)31-16-14-30(15-17-31)26-20-10-4-5-11-21(20)28-25(29-26)19-8-2-1-3-9-19/h1-13,24H,14-18H2/t24-/m0/s1. The molecule has 1 aromatic heterocycles. The lowest BCUT2D eigenvalue weighted by atomic mass is 10.1. The van der Waals surface area contributed by atoms with E-state index in [9.17, 15) is 4.79 Å². The van der Waals surface area contributed by atoms with Crippen molar-refractivity contribution in [2.75, 3.05) is 37.7 Å². The van der Waals surface area contributed by atoms with Crippen molar-refractivity contribution in [2.24, 2.45) is 0 Å². The summed E-state index contributed by atoms with van der Waals surface area (Å²) in [5.41, 5.74) is 1.90. The van der Waals surface area contributed by atoms with Crippen molar-refractivity contribution in [2.45, 2.75) is 6.10 Å². The quantitative estimate of drug-likeness (QED) is 0.471. The lowest BCUT2D eigenvalue weighted by molar-refractivity contribution is -0.141. The minimum atomic E-state index is -0.619. The third-order valence-electron chi connectivity index (χ3n) is 6.29. The van der Waals surface area contributed by atoms with Crippen LogP contribution in [0.4, 0.5) is 5.82 Å². The molecule has 2 aliphatic heterocycles. The molecule has 7 heteroatoms. The van der Waals surface area contributed by atoms with Crippen LogP contribution in [-0.4, -0.2) is 59.7 Å². The first kappa shape index (κ1) is 20.5. The fraction of sp³-hybridized carbons (Fsp3) is 0.222. The van der Waals surface area contributed by atoms with Crippen LogP contribution in [0.3, 0.4) is 0 Å². The van der Waals surface area contributed by atoms with Crippen LogP contribution in [0.1, 0.15) is 0 Å². The largest absolute Gasteiger partial charge is 0.485 e. The van der Waals surface area contributed by atoms with E-state index in [-0.39, 0.29) is 12.5 Å². The van der Waals surface area contributed by atoms with Crippen LogP contribution < -0.4 is 14.4 Å². The number of rotatable bonds is 3. The molecule has 2 aliphatic rings. The number of carbonyl (C=O) groups excluding carboxylic acids is 1. The van der Waals surface area contributed by atoms with Gasteiger partial charge >= 0.3 is 0 Å². The van der Waals surface area contributed by atoms with Crippen LogP contribution in [-0.2, 0) is 4.79 Å². The summed E-state index contributed by atoms with van der Waals surface area (Å²) in [7, 11) is 0. The van der Waals surface area contributed by atoms with Crippen molar-refractivity contribution < 1.29 is 14.3 Å². The molecular formula is C27H24N4O3. The van der Waals surface area contributed by atoms with Crippen LogP contribution in [0.25, 0.3) is 22.3 Å². The highest BCUT2D eigenvalue weighted by molar-refractivity contribution is 5.91. The zero-order chi connectivity index (χ0) is 22.9. The number of hydrogen-bond donors (Lipinski definition) is 0. The van der Waals surface area contributed by atoms with Gasteiger partial charge in [-0.1, -0.05) is 54.6 Å². The molecule has 0 N–H and O–H groups in total. The van der Waals surface area contributed by atoms with Crippen molar-refractivity contribution in [3.63, 3.8) is 0 Å². The van der Waals surface area contributed by atoms with Gasteiger partial charge in [-0.25, -0.2) is 9.97 Å². The maximum atomic E-state index is 13.1. The molecule has 0 saturated carbocycles. The fourth-order valence-electron chi connectivity index (χ4n) is 4.50. The zero-order valence-corrected chi connectivity index (χ0v) is 18.6. The Morgan fingerprint density at radius 3 is 2.32 bits per heavy atom. The predicted octanol–water partition coefficient (Wildman–Crippen LogP) is 3.79. The molecule has 170 valence electrons. The Kier molecular flexibility index (Phi) is 5.22. The van der Waals surface area contributed by atoms with Gasteiger partial charge in [-0.3, -0.25) is 4.79 Å². The number of fused-ring (bicyclic) bond motifs is 2. The smallest absolute Gasteiger partial charge is 0.267 e. The number of carbonyl (C=O) groups is 1. The Hall–Kier alpha value is -4.13. The van der Waals surface area contributed by atoms with E-state index in [0.29, 0.717) is 43.5 Å². The number of anilines is 1. The van der Waals surface area contributed by atoms with E-state index in [1.165, 1.54) is 0 Å². The first-order valence-corrected chi connectivity index (χ1v) is 11.5. The molecule has 4 aromatic rings. The van der Waals surface area contributed by atoms with E-state index >= 15 is 0 Å². The van der Waals surface area contributed by atoms with E-state index < -0.39 is 6.10 Å². The van der Waals surface area contributed by atoms with Gasteiger partial charge < -0.3 is 19.3 Å². The number of ether oxygens (including phenoxy) is 2. The molecule has 34 heavy (non-hydrogen) atoms. The SMILES string of the molecule is O=C([C@@H]1COc2ccccc2O1)N1CCN(c2nc(-c3ccccc3)nc3ccccc23)CC1. The van der Waals surface area contributed by atoms with Crippen LogP contribution in [0.2, 0.25) is 0 Å². The van der Waals surface area contributed by atoms with E-state index in [4.69, 9.17) is 19.4 Å². The van der Waals surface area contributed by atoms with E-state index in [2.05, 4.69) is 11.0 Å². The molecule has 0 radical (unpaired) electrons. The van der Waals surface area contributed by atoms with Gasteiger partial charge in [0.15, 0.2) is 17.3 Å². The summed E-state index contributed by atoms with van der Waals surface area (Å²) in [5.74, 6) is 2.88. The number of para-hydroxylation sites is 3. The third kappa shape index (κ3) is 3.79. The van der Waals surface area contributed by atoms with Crippen LogP contribution >= 0.6 is 0 Å². The summed E-state index contributed by atoms with van der Waals surface area (Å²) in [4.78, 5) is 27.0. The van der Waals surface area contributed by atoms with Gasteiger partial charge in [-0.15, -0.1) is 0 Å². The first-order chi connectivity index (χ1) is 16.8. The molecule has 3 aromatic carbocycles. The number of aromatic nitrogens is 2. The third-order valence-corrected chi connectivity index (χ3v) is 6.29. The maximum Gasteiger partial charge on any atom is 0.267 e. The lowest BCUT2D eigenvalue weighted by Gasteiger charge is -2.38. The summed E-state index contributed by atoms with van der Waals surface area (Å²) in [5, 5.41) is 1.02. The molecule has 1 saturated heterocycles. The van der Waals surface area contributed by atoms with E-state index in [0.717, 1.165) is 22.3 Å². The second-order valence-corrected chi connectivity index (χ2v) is 8.43. The second-order valence-electron chi connectivity index (χ2n) is 8.43. The number of nitrogens with zero attached hydrogens (tertiary/aromatic N) is 4. The number of amides is 1. The Morgan fingerprint density at radius 2 is 1.50 bits per heavy atom. The molecule has 0 spiro atoms. The van der Waals surface area contributed by atoms with Gasteiger partial charge in [0.1, 0.15) is 12.4 Å². The van der Waals surface area contributed by atoms with E-state index in [1.807, 2.05) is 77.7 Å². The molecule has 1 fully saturated rings. The van der Waals surface area contributed by atoms with E-state index in [1.54, 1.807) is 0 Å². The topological polar surface area (TPSA) is 67.8 Å². The van der Waals surface area contributed by atoms with Crippen molar-refractivity contribution in [1.82, 2.24) is 14.9 Å². The molecule has 1 amide bonds. The Labute approximate surface area is 197 Å². The average Bonchev–Trinajstić information content (AvgIpc) is 2.92. The highest BCUT2D eigenvalue weighted by Crippen LogP contribution is 2.32. The monoisotopic (exact) mass is 452 g/mol. The van der Waals surface area contributed by atoms with Crippen molar-refractivity contribution in [3.05, 3.63) is 78.9 Å². The van der Waals surface area contributed by atoms with Crippen LogP contribution in [0.5, 0.6) is 11.5 Å². The van der Waals surface area contributed by atoms with Gasteiger partial charge in [0, 0.05) is 37.1 Å². The Morgan fingerprint density at radius 1 is 0.794 bits per heavy atom. The summed E-state index contributed by atoms with van der Waals surface area (Å²) in [6, 6.07) is 25.6. The second kappa shape index (κ2) is 8.67. The number of piperazine rings is 1. The van der Waals surface area contributed by atoms with Gasteiger partial charge in [-0.2, -0.15) is 0 Å². The number of hydrogen-bond acceptors (Lipinski definition) is 6. The first-order valence-electron chi connectivity index (χ1n) is 11.5. The lowest BCUT2D eigenvalue weighted by Crippen LogP contribution is -2.54. The van der Waals surface area contributed by atoms with Crippen molar-refractivity contribution >= 4 is 22.6 Å². The van der Waals surface area contributed by atoms with Gasteiger partial charge in [-0.05, 0) is 24.3 Å². The van der Waals surface area contributed by atoms with Crippen LogP contribution in [0, 0.1) is 0 Å². The Bertz CT molecular complexity index is 1340. The summed E-state index contributed by atoms with van der Waals surface area (Å²) in [6.45, 7) is 2.79. The molecular weight excluding hydrogens is 428 g/mol. The van der Waals surface area contributed by atoms with Gasteiger partial charge in [0.25, 0.3) is 5.91 Å². The molecule has 3 heterocycles. The zero-order valence-electron chi connectivity index (χ0n) is 18.6. The minimum Gasteiger partial charge on any atom is -0.485 e. The molecule has 7 nitrogen and oxygen atoms in total. The van der Waals surface area contributed by atoms with Gasteiger partial charge in [0.05, 0.1) is 5.52 Å². The maximum absolute atomic E-state index is 13.1. The molecule has 0 bridgehead atoms. The predicted molar refractivity (Wildman–Crippen MR) is 130 cm³/mol. The van der Waals surface area contributed by atoms with Gasteiger partial charge in [0.2, 0.25) is 6.10 Å². The highest BCUT2D eigenvalue weighted by Gasteiger charge is 2.33. The molecule has 0 unspecified atom stereocenters. The highest BCUT2D eigenvalue weighted by atomic mass is 16.6. The normalized spacial score (nSPS) is 17.6.